The van der Waals surface area contributed by atoms with E-state index in [1.807, 2.05) is 0 Å². The first-order valence-corrected chi connectivity index (χ1v) is 4.95. The molecule has 0 aliphatic heterocycles. The molecule has 0 saturated carbocycles. The zero-order chi connectivity index (χ0) is 13.9. The predicted molar refractivity (Wildman–Crippen MR) is 66.1 cm³/mol. The van der Waals surface area contributed by atoms with Crippen molar-refractivity contribution >= 4 is 18.1 Å². The minimum Gasteiger partial charge on any atom is -0.500 e. The lowest BCUT2D eigenvalue weighted by molar-refractivity contribution is -0.386. The summed E-state index contributed by atoms with van der Waals surface area (Å²) in [5.41, 5.74) is 4.98. The van der Waals surface area contributed by atoms with E-state index in [4.69, 9.17) is 10.5 Å². The highest BCUT2D eigenvalue weighted by molar-refractivity contribution is 5.85. The van der Waals surface area contributed by atoms with Gasteiger partial charge in [-0.3, -0.25) is 10.1 Å². The van der Waals surface area contributed by atoms with E-state index in [9.17, 15) is 24.0 Å². The van der Waals surface area contributed by atoms with Crippen LogP contribution in [0.15, 0.2) is 12.1 Å². The van der Waals surface area contributed by atoms with Gasteiger partial charge in [-0.15, -0.1) is 12.4 Å². The van der Waals surface area contributed by atoms with Gasteiger partial charge in [0, 0.05) is 18.5 Å². The van der Waals surface area contributed by atoms with Gasteiger partial charge in [0.1, 0.15) is 0 Å². The number of hydrogen-bond donors (Lipinski definition) is 2. The number of nitrogens with two attached hydrogens (primary N) is 1. The van der Waals surface area contributed by atoms with E-state index in [1.165, 1.54) is 13.2 Å². The average molecular weight is 299 g/mol. The number of phenolic OH excluding ortho intramolecular Hbond substituents is 1. The molecule has 0 aliphatic rings. The third-order valence-corrected chi connectivity index (χ3v) is 2.35. The molecule has 19 heavy (non-hydrogen) atoms. The lowest BCUT2D eigenvalue weighted by atomic mass is 10.0. The van der Waals surface area contributed by atoms with Crippen LogP contribution in [-0.4, -0.2) is 23.6 Å². The van der Waals surface area contributed by atoms with Crippen LogP contribution in [0.5, 0.6) is 11.5 Å². The highest BCUT2D eigenvalue weighted by Gasteiger charge is 2.23. The number of nitrogens with zero attached hydrogens (tertiary/aromatic N) is 1. The summed E-state index contributed by atoms with van der Waals surface area (Å²) in [7, 11) is 1.20. The number of nitro groups is 1. The molecule has 0 aromatic heterocycles. The number of benzene rings is 1. The Labute approximate surface area is 113 Å². The Morgan fingerprint density at radius 3 is 2.53 bits per heavy atom. The molecule has 0 bridgehead atoms. The van der Waals surface area contributed by atoms with Gasteiger partial charge in [-0.1, -0.05) is 0 Å². The van der Waals surface area contributed by atoms with Crippen LogP contribution in [0.25, 0.3) is 0 Å². The maximum atomic E-state index is 12.2. The molecule has 0 fully saturated rings. The summed E-state index contributed by atoms with van der Waals surface area (Å²) in [6, 6.07) is 1.10. The van der Waals surface area contributed by atoms with E-state index in [-0.39, 0.29) is 23.7 Å². The van der Waals surface area contributed by atoms with Gasteiger partial charge >= 0.3 is 5.69 Å². The van der Waals surface area contributed by atoms with Gasteiger partial charge in [-0.25, -0.2) is 8.78 Å². The monoisotopic (exact) mass is 298 g/mol. The van der Waals surface area contributed by atoms with Gasteiger partial charge < -0.3 is 15.6 Å². The van der Waals surface area contributed by atoms with Crippen molar-refractivity contribution in [3.05, 3.63) is 27.8 Å². The highest BCUT2D eigenvalue weighted by atomic mass is 35.5. The number of phenols is 1. The standard InChI is InChI=1S/C10H12F2N2O4.ClH/c1-18-8-3-5(6(13)4-9(11)12)2-7(10(8)15)14(16)17;/h2-3,6,9,15H,4,13H2,1H3;1H/t6-;/m0./s1. The molecule has 0 unspecified atom stereocenters. The quantitative estimate of drug-likeness (QED) is 0.642. The molecule has 1 aromatic rings. The lowest BCUT2D eigenvalue weighted by Crippen LogP contribution is -2.14. The Balaban J connectivity index is 0.00000324. The fourth-order valence-corrected chi connectivity index (χ4v) is 1.45. The number of ether oxygens (including phenoxy) is 1. The second-order valence-electron chi connectivity index (χ2n) is 3.58. The topological polar surface area (TPSA) is 98.6 Å². The first kappa shape index (κ1) is 17.3. The van der Waals surface area contributed by atoms with Gasteiger partial charge in [-0.05, 0) is 11.6 Å². The van der Waals surface area contributed by atoms with E-state index in [0.29, 0.717) is 0 Å². The molecular formula is C10H13ClF2N2O4. The first-order chi connectivity index (χ1) is 8.36. The fraction of sp³-hybridized carbons (Fsp3) is 0.400. The maximum absolute atomic E-state index is 12.2. The summed E-state index contributed by atoms with van der Waals surface area (Å²) in [5.74, 6) is -0.834. The number of halogens is 3. The molecule has 9 heteroatoms. The van der Waals surface area contributed by atoms with Crippen molar-refractivity contribution in [2.75, 3.05) is 7.11 Å². The number of nitro benzene ring substituents is 1. The third kappa shape index (κ3) is 4.18. The van der Waals surface area contributed by atoms with Gasteiger partial charge in [0.15, 0.2) is 5.75 Å². The Morgan fingerprint density at radius 1 is 1.53 bits per heavy atom. The molecule has 0 radical (unpaired) electrons. The molecule has 1 rings (SSSR count). The number of alkyl halides is 2. The molecule has 108 valence electrons. The fourth-order valence-electron chi connectivity index (χ4n) is 1.45. The summed E-state index contributed by atoms with van der Waals surface area (Å²) < 4.78 is 29.1. The number of hydrogen-bond acceptors (Lipinski definition) is 5. The summed E-state index contributed by atoms with van der Waals surface area (Å²) in [4.78, 5) is 9.85. The smallest absolute Gasteiger partial charge is 0.314 e. The SMILES string of the molecule is COc1cc([C@@H](N)CC(F)F)cc([N+](=O)[O-])c1O.Cl. The molecule has 1 atom stereocenters. The van der Waals surface area contributed by atoms with Crippen LogP contribution in [0.4, 0.5) is 14.5 Å². The Hall–Kier alpha value is -1.67. The number of methoxy groups -OCH3 is 1. The number of rotatable bonds is 5. The van der Waals surface area contributed by atoms with E-state index in [1.54, 1.807) is 0 Å². The van der Waals surface area contributed by atoms with Gasteiger partial charge in [0.25, 0.3) is 0 Å². The number of aromatic hydroxyl groups is 1. The molecule has 0 heterocycles. The molecule has 0 spiro atoms. The minimum atomic E-state index is -2.63. The van der Waals surface area contributed by atoms with Gasteiger partial charge in [-0.2, -0.15) is 0 Å². The minimum absolute atomic E-state index is 0. The summed E-state index contributed by atoms with van der Waals surface area (Å²) in [6.45, 7) is 0. The average Bonchev–Trinajstić information content (AvgIpc) is 2.27. The lowest BCUT2D eigenvalue weighted by Gasteiger charge is -2.13. The Bertz CT molecular complexity index is 459. The summed E-state index contributed by atoms with van der Waals surface area (Å²) >= 11 is 0. The molecular weight excluding hydrogens is 286 g/mol. The van der Waals surface area contributed by atoms with Crippen LogP contribution < -0.4 is 10.5 Å². The Kier molecular flexibility index (Phi) is 6.43. The van der Waals surface area contributed by atoms with Crippen LogP contribution in [0, 0.1) is 10.1 Å². The zero-order valence-corrected chi connectivity index (χ0v) is 10.7. The molecule has 1 aromatic carbocycles. The van der Waals surface area contributed by atoms with E-state index in [0.717, 1.165) is 6.07 Å². The normalized spacial score (nSPS) is 11.8. The van der Waals surface area contributed by atoms with Crippen molar-refractivity contribution in [3.8, 4) is 11.5 Å². The van der Waals surface area contributed by atoms with Crippen molar-refractivity contribution < 1.29 is 23.5 Å². The highest BCUT2D eigenvalue weighted by Crippen LogP contribution is 2.38. The largest absolute Gasteiger partial charge is 0.500 e. The summed E-state index contributed by atoms with van der Waals surface area (Å²) in [5, 5.41) is 20.2. The maximum Gasteiger partial charge on any atom is 0.314 e. The molecule has 0 aliphatic carbocycles. The van der Waals surface area contributed by atoms with Crippen LogP contribution in [0.1, 0.15) is 18.0 Å². The van der Waals surface area contributed by atoms with Crippen LogP contribution in [0.2, 0.25) is 0 Å². The molecule has 3 N–H and O–H groups in total. The molecule has 0 saturated heterocycles. The van der Waals surface area contributed by atoms with Crippen LogP contribution in [-0.2, 0) is 0 Å². The van der Waals surface area contributed by atoms with Crippen LogP contribution >= 0.6 is 12.4 Å². The summed E-state index contributed by atoms with van der Waals surface area (Å²) in [6.07, 6.45) is -3.26. The Morgan fingerprint density at radius 2 is 2.11 bits per heavy atom. The van der Waals surface area contributed by atoms with Crippen molar-refractivity contribution in [2.45, 2.75) is 18.9 Å². The second-order valence-corrected chi connectivity index (χ2v) is 3.58. The van der Waals surface area contributed by atoms with E-state index >= 15 is 0 Å². The second kappa shape index (κ2) is 7.05. The van der Waals surface area contributed by atoms with Crippen molar-refractivity contribution in [1.82, 2.24) is 0 Å². The van der Waals surface area contributed by atoms with E-state index in [2.05, 4.69) is 0 Å². The van der Waals surface area contributed by atoms with Gasteiger partial charge in [0.2, 0.25) is 12.2 Å². The van der Waals surface area contributed by atoms with Crippen molar-refractivity contribution in [3.63, 3.8) is 0 Å². The van der Waals surface area contributed by atoms with Gasteiger partial charge in [0.05, 0.1) is 12.0 Å². The van der Waals surface area contributed by atoms with Crippen molar-refractivity contribution in [1.29, 1.82) is 0 Å². The van der Waals surface area contributed by atoms with Crippen molar-refractivity contribution in [2.24, 2.45) is 5.73 Å². The van der Waals surface area contributed by atoms with Crippen LogP contribution in [0.3, 0.4) is 0 Å². The zero-order valence-electron chi connectivity index (χ0n) is 9.88. The molecule has 6 nitrogen and oxygen atoms in total. The predicted octanol–water partition coefficient (Wildman–Crippen LogP) is 2.39. The third-order valence-electron chi connectivity index (χ3n) is 2.35. The molecule has 0 amide bonds. The first-order valence-electron chi connectivity index (χ1n) is 4.95. The van der Waals surface area contributed by atoms with E-state index < -0.39 is 35.2 Å².